The van der Waals surface area contributed by atoms with Gasteiger partial charge in [-0.1, -0.05) is 22.8 Å². The zero-order valence-corrected chi connectivity index (χ0v) is 16.5. The minimum atomic E-state index is -0.184. The van der Waals surface area contributed by atoms with Crippen LogP contribution in [0.5, 0.6) is 11.5 Å². The van der Waals surface area contributed by atoms with Crippen LogP contribution in [0.4, 0.5) is 5.69 Å². The summed E-state index contributed by atoms with van der Waals surface area (Å²) in [6, 6.07) is 10.8. The second kappa shape index (κ2) is 8.75. The third-order valence-electron chi connectivity index (χ3n) is 4.07. The zero-order chi connectivity index (χ0) is 20.1. The van der Waals surface area contributed by atoms with Gasteiger partial charge in [0, 0.05) is 18.4 Å². The number of ether oxygens (including phenoxy) is 2. The van der Waals surface area contributed by atoms with Crippen LogP contribution in [0.1, 0.15) is 17.9 Å². The molecule has 0 saturated heterocycles. The number of hydrogen-bond acceptors (Lipinski definition) is 6. The molecule has 0 bridgehead atoms. The van der Waals surface area contributed by atoms with Gasteiger partial charge in [0.25, 0.3) is 0 Å². The van der Waals surface area contributed by atoms with Gasteiger partial charge in [-0.3, -0.25) is 4.79 Å². The molecule has 1 heterocycles. The second-order valence-corrected chi connectivity index (χ2v) is 6.52. The Bertz CT molecular complexity index is 987. The number of hydrogen-bond donors (Lipinski definition) is 1. The summed E-state index contributed by atoms with van der Waals surface area (Å²) in [6.07, 6.45) is 0.507. The summed E-state index contributed by atoms with van der Waals surface area (Å²) in [7, 11) is 3.13. The average molecular weight is 402 g/mol. The van der Waals surface area contributed by atoms with Crippen LogP contribution in [-0.4, -0.2) is 30.3 Å². The molecule has 0 saturated carbocycles. The summed E-state index contributed by atoms with van der Waals surface area (Å²) in [4.78, 5) is 16.5. The van der Waals surface area contributed by atoms with Crippen LogP contribution in [0.2, 0.25) is 5.02 Å². The molecule has 7 nitrogen and oxygen atoms in total. The van der Waals surface area contributed by atoms with Gasteiger partial charge in [0.05, 0.1) is 24.9 Å². The first-order chi connectivity index (χ1) is 13.5. The Morgan fingerprint density at radius 3 is 2.64 bits per heavy atom. The van der Waals surface area contributed by atoms with Gasteiger partial charge in [0.15, 0.2) is 11.5 Å². The van der Waals surface area contributed by atoms with Crippen molar-refractivity contribution in [3.8, 4) is 22.9 Å². The Hall–Kier alpha value is -3.06. The molecule has 146 valence electrons. The number of aromatic nitrogens is 2. The van der Waals surface area contributed by atoms with E-state index in [2.05, 4.69) is 15.5 Å². The maximum absolute atomic E-state index is 12.2. The highest BCUT2D eigenvalue weighted by Crippen LogP contribution is 2.31. The van der Waals surface area contributed by atoms with Crippen LogP contribution in [0.15, 0.2) is 40.9 Å². The molecule has 0 aliphatic rings. The van der Waals surface area contributed by atoms with Crippen molar-refractivity contribution >= 4 is 23.2 Å². The zero-order valence-electron chi connectivity index (χ0n) is 15.8. The van der Waals surface area contributed by atoms with E-state index in [9.17, 15) is 4.79 Å². The SMILES string of the molecule is COc1ccc(-c2noc(CCC(=O)Nc3ccc(C)cc3Cl)n2)cc1OC. The van der Waals surface area contributed by atoms with E-state index < -0.39 is 0 Å². The number of methoxy groups -OCH3 is 2. The molecule has 0 atom stereocenters. The Morgan fingerprint density at radius 1 is 1.14 bits per heavy atom. The first-order valence-electron chi connectivity index (χ1n) is 8.61. The first kappa shape index (κ1) is 19.7. The lowest BCUT2D eigenvalue weighted by atomic mass is 10.2. The van der Waals surface area contributed by atoms with Crippen LogP contribution >= 0.6 is 11.6 Å². The van der Waals surface area contributed by atoms with Crippen molar-refractivity contribution in [1.82, 2.24) is 10.1 Å². The molecule has 1 N–H and O–H groups in total. The summed E-state index contributed by atoms with van der Waals surface area (Å²) >= 11 is 6.13. The van der Waals surface area contributed by atoms with Crippen LogP contribution in [-0.2, 0) is 11.2 Å². The van der Waals surface area contributed by atoms with E-state index in [1.165, 1.54) is 0 Å². The van der Waals surface area contributed by atoms with E-state index in [0.29, 0.717) is 40.3 Å². The molecule has 0 unspecified atom stereocenters. The van der Waals surface area contributed by atoms with Gasteiger partial charge in [0.2, 0.25) is 17.6 Å². The molecule has 2 aromatic carbocycles. The fourth-order valence-electron chi connectivity index (χ4n) is 2.60. The van der Waals surface area contributed by atoms with Gasteiger partial charge < -0.3 is 19.3 Å². The molecule has 0 spiro atoms. The molecule has 3 rings (SSSR count). The normalized spacial score (nSPS) is 10.6. The molecule has 0 aliphatic heterocycles. The van der Waals surface area contributed by atoms with Crippen molar-refractivity contribution in [3.63, 3.8) is 0 Å². The fourth-order valence-corrected chi connectivity index (χ4v) is 2.89. The van der Waals surface area contributed by atoms with Crippen LogP contribution < -0.4 is 14.8 Å². The van der Waals surface area contributed by atoms with Crippen molar-refractivity contribution in [2.45, 2.75) is 19.8 Å². The smallest absolute Gasteiger partial charge is 0.227 e. The summed E-state index contributed by atoms with van der Waals surface area (Å²) in [5.41, 5.74) is 2.33. The van der Waals surface area contributed by atoms with E-state index in [0.717, 1.165) is 11.1 Å². The Morgan fingerprint density at radius 2 is 1.93 bits per heavy atom. The van der Waals surface area contributed by atoms with E-state index in [1.54, 1.807) is 38.5 Å². The maximum atomic E-state index is 12.2. The largest absolute Gasteiger partial charge is 0.493 e. The monoisotopic (exact) mass is 401 g/mol. The minimum absolute atomic E-state index is 0.184. The summed E-state index contributed by atoms with van der Waals surface area (Å²) in [5.74, 6) is 1.78. The van der Waals surface area contributed by atoms with Gasteiger partial charge in [-0.15, -0.1) is 0 Å². The summed E-state index contributed by atoms with van der Waals surface area (Å²) < 4.78 is 15.8. The van der Waals surface area contributed by atoms with Crippen molar-refractivity contribution < 1.29 is 18.8 Å². The standard InChI is InChI=1S/C20H20ClN3O4/c1-12-4-6-15(14(21)10-12)22-18(25)8-9-19-23-20(24-28-19)13-5-7-16(26-2)17(11-13)27-3/h4-7,10-11H,8-9H2,1-3H3,(H,22,25). The molecule has 3 aromatic rings. The molecule has 28 heavy (non-hydrogen) atoms. The van der Waals surface area contributed by atoms with Crippen molar-refractivity contribution in [2.75, 3.05) is 19.5 Å². The highest BCUT2D eigenvalue weighted by Gasteiger charge is 2.14. The summed E-state index contributed by atoms with van der Waals surface area (Å²) in [5, 5.41) is 7.25. The predicted molar refractivity (Wildman–Crippen MR) is 106 cm³/mol. The molecule has 1 amide bonds. The highest BCUT2D eigenvalue weighted by molar-refractivity contribution is 6.33. The van der Waals surface area contributed by atoms with Gasteiger partial charge in [-0.2, -0.15) is 4.98 Å². The van der Waals surface area contributed by atoms with Gasteiger partial charge in [-0.05, 0) is 42.8 Å². The lowest BCUT2D eigenvalue weighted by Gasteiger charge is -2.07. The van der Waals surface area contributed by atoms with E-state index >= 15 is 0 Å². The quantitative estimate of drug-likeness (QED) is 0.635. The predicted octanol–water partition coefficient (Wildman–Crippen LogP) is 4.29. The summed E-state index contributed by atoms with van der Waals surface area (Å²) in [6.45, 7) is 1.93. The lowest BCUT2D eigenvalue weighted by molar-refractivity contribution is -0.116. The number of nitrogens with one attached hydrogen (secondary N) is 1. The minimum Gasteiger partial charge on any atom is -0.493 e. The van der Waals surface area contributed by atoms with Gasteiger partial charge in [-0.25, -0.2) is 0 Å². The Balaban J connectivity index is 1.62. The van der Waals surface area contributed by atoms with Crippen LogP contribution in [0.3, 0.4) is 0 Å². The molecule has 8 heteroatoms. The molecular weight excluding hydrogens is 382 g/mol. The number of halogens is 1. The number of nitrogens with zero attached hydrogens (tertiary/aromatic N) is 2. The number of rotatable bonds is 7. The number of anilines is 1. The van der Waals surface area contributed by atoms with Gasteiger partial charge in [0.1, 0.15) is 0 Å². The maximum Gasteiger partial charge on any atom is 0.227 e. The van der Waals surface area contributed by atoms with Gasteiger partial charge >= 0.3 is 0 Å². The highest BCUT2D eigenvalue weighted by atomic mass is 35.5. The van der Waals surface area contributed by atoms with E-state index in [4.69, 9.17) is 25.6 Å². The third-order valence-corrected chi connectivity index (χ3v) is 4.39. The first-order valence-corrected chi connectivity index (χ1v) is 8.99. The molecule has 0 radical (unpaired) electrons. The average Bonchev–Trinajstić information content (AvgIpc) is 3.17. The number of carbonyl (C=O) groups is 1. The Kier molecular flexibility index (Phi) is 6.16. The lowest BCUT2D eigenvalue weighted by Crippen LogP contribution is -2.12. The number of amides is 1. The van der Waals surface area contributed by atoms with E-state index in [-0.39, 0.29) is 12.3 Å². The molecule has 1 aromatic heterocycles. The second-order valence-electron chi connectivity index (χ2n) is 6.11. The fraction of sp³-hybridized carbons (Fsp3) is 0.250. The Labute approximate surface area is 167 Å². The number of carbonyl (C=O) groups excluding carboxylic acids is 1. The topological polar surface area (TPSA) is 86.5 Å². The molecule has 0 fully saturated rings. The van der Waals surface area contributed by atoms with E-state index in [1.807, 2.05) is 19.1 Å². The molecule has 0 aliphatic carbocycles. The van der Waals surface area contributed by atoms with Crippen molar-refractivity contribution in [3.05, 3.63) is 52.9 Å². The third kappa shape index (κ3) is 4.61. The van der Waals surface area contributed by atoms with Crippen molar-refractivity contribution in [1.29, 1.82) is 0 Å². The number of benzene rings is 2. The van der Waals surface area contributed by atoms with Crippen LogP contribution in [0, 0.1) is 6.92 Å². The van der Waals surface area contributed by atoms with Crippen LogP contribution in [0.25, 0.3) is 11.4 Å². The van der Waals surface area contributed by atoms with Crippen molar-refractivity contribution in [2.24, 2.45) is 0 Å². The molecular formula is C20H20ClN3O4. The number of aryl methyl sites for hydroxylation is 2.